The number of carbonyl (C=O) groups is 2. The number of hydrogen-bond donors (Lipinski definition) is 1. The summed E-state index contributed by atoms with van der Waals surface area (Å²) in [5, 5.41) is 3.25. The zero-order valence-corrected chi connectivity index (χ0v) is 14.5. The Bertz CT molecular complexity index is 403. The monoisotopic (exact) mass is 309 g/mol. The molecule has 2 unspecified atom stereocenters. The van der Waals surface area contributed by atoms with Crippen LogP contribution in [0.5, 0.6) is 0 Å². The molecule has 2 aliphatic rings. The van der Waals surface area contributed by atoms with Crippen molar-refractivity contribution in [3.63, 3.8) is 0 Å². The van der Waals surface area contributed by atoms with Crippen LogP contribution in [0, 0.1) is 11.8 Å². The molecule has 0 spiro atoms. The summed E-state index contributed by atoms with van der Waals surface area (Å²) in [5.41, 5.74) is 0. The molecule has 2 amide bonds. The third-order valence-electron chi connectivity index (χ3n) is 5.30. The topological polar surface area (TPSA) is 52.7 Å². The highest BCUT2D eigenvalue weighted by Gasteiger charge is 2.32. The fourth-order valence-electron chi connectivity index (χ4n) is 3.53. The van der Waals surface area contributed by atoms with Crippen molar-refractivity contribution in [3.8, 4) is 0 Å². The molecule has 5 heteroatoms. The molecule has 2 fully saturated rings. The van der Waals surface area contributed by atoms with E-state index in [0.29, 0.717) is 6.04 Å². The molecule has 0 aromatic carbocycles. The third-order valence-corrected chi connectivity index (χ3v) is 5.30. The minimum absolute atomic E-state index is 0.0454. The number of piperidine rings is 2. The predicted molar refractivity (Wildman–Crippen MR) is 87.4 cm³/mol. The lowest BCUT2D eigenvalue weighted by Crippen LogP contribution is -2.54. The van der Waals surface area contributed by atoms with E-state index in [-0.39, 0.29) is 29.7 Å². The van der Waals surface area contributed by atoms with E-state index in [1.165, 1.54) is 0 Å². The van der Waals surface area contributed by atoms with Gasteiger partial charge in [0.1, 0.15) is 0 Å². The maximum absolute atomic E-state index is 12.5. The summed E-state index contributed by atoms with van der Waals surface area (Å²) in [6.07, 6.45) is 3.80. The van der Waals surface area contributed by atoms with E-state index in [4.69, 9.17) is 0 Å². The standard InChI is InChI=1S/C17H31N3O2/c1-12(2)17(22)20-10-7-14(8-11-20)16(21)18-15-6-5-9-19(4)13(15)3/h12-15H,5-11H2,1-4H3,(H,18,21). The van der Waals surface area contributed by atoms with E-state index in [2.05, 4.69) is 24.2 Å². The van der Waals surface area contributed by atoms with Gasteiger partial charge in [-0.3, -0.25) is 9.59 Å². The van der Waals surface area contributed by atoms with Crippen molar-refractivity contribution >= 4 is 11.8 Å². The predicted octanol–water partition coefficient (Wildman–Crippen LogP) is 1.48. The molecule has 0 saturated carbocycles. The number of rotatable bonds is 3. The Morgan fingerprint density at radius 2 is 1.73 bits per heavy atom. The molecule has 2 rings (SSSR count). The number of likely N-dealkylation sites (N-methyl/N-ethyl adjacent to an activating group) is 1. The van der Waals surface area contributed by atoms with Gasteiger partial charge in [0.05, 0.1) is 0 Å². The summed E-state index contributed by atoms with van der Waals surface area (Å²) >= 11 is 0. The van der Waals surface area contributed by atoms with E-state index >= 15 is 0 Å². The number of hydrogen-bond acceptors (Lipinski definition) is 3. The van der Waals surface area contributed by atoms with E-state index < -0.39 is 0 Å². The van der Waals surface area contributed by atoms with E-state index in [9.17, 15) is 9.59 Å². The van der Waals surface area contributed by atoms with Crippen LogP contribution in [0.1, 0.15) is 46.5 Å². The summed E-state index contributed by atoms with van der Waals surface area (Å²) in [6.45, 7) is 8.60. The average Bonchev–Trinajstić information content (AvgIpc) is 2.51. The Kier molecular flexibility index (Phi) is 5.84. The van der Waals surface area contributed by atoms with Crippen molar-refractivity contribution in [2.24, 2.45) is 11.8 Å². The molecule has 0 aromatic heterocycles. The minimum atomic E-state index is 0.0454. The molecule has 1 N–H and O–H groups in total. The lowest BCUT2D eigenvalue weighted by Gasteiger charge is -2.39. The molecule has 0 radical (unpaired) electrons. The number of nitrogens with zero attached hydrogens (tertiary/aromatic N) is 2. The number of nitrogens with one attached hydrogen (secondary N) is 1. The molecule has 2 heterocycles. The largest absolute Gasteiger partial charge is 0.352 e. The van der Waals surface area contributed by atoms with Crippen LogP contribution in [0.4, 0.5) is 0 Å². The molecule has 0 aliphatic carbocycles. The van der Waals surface area contributed by atoms with Crippen molar-refractivity contribution in [2.45, 2.75) is 58.5 Å². The Balaban J connectivity index is 1.81. The second-order valence-corrected chi connectivity index (χ2v) is 7.23. The smallest absolute Gasteiger partial charge is 0.225 e. The summed E-state index contributed by atoms with van der Waals surface area (Å²) < 4.78 is 0. The van der Waals surface area contributed by atoms with Crippen LogP contribution in [-0.2, 0) is 9.59 Å². The summed E-state index contributed by atoms with van der Waals surface area (Å²) in [4.78, 5) is 28.7. The first-order valence-electron chi connectivity index (χ1n) is 8.69. The van der Waals surface area contributed by atoms with Crippen LogP contribution in [-0.4, -0.2) is 60.4 Å². The summed E-state index contributed by atoms with van der Waals surface area (Å²) in [7, 11) is 2.12. The van der Waals surface area contributed by atoms with Crippen molar-refractivity contribution in [1.29, 1.82) is 0 Å². The Morgan fingerprint density at radius 1 is 1.09 bits per heavy atom. The van der Waals surface area contributed by atoms with Crippen LogP contribution < -0.4 is 5.32 Å². The maximum Gasteiger partial charge on any atom is 0.225 e. The van der Waals surface area contributed by atoms with Gasteiger partial charge in [0.25, 0.3) is 0 Å². The highest BCUT2D eigenvalue weighted by molar-refractivity contribution is 5.81. The molecule has 2 aliphatic heterocycles. The van der Waals surface area contributed by atoms with Crippen molar-refractivity contribution < 1.29 is 9.59 Å². The normalized spacial score (nSPS) is 28.0. The fraction of sp³-hybridized carbons (Fsp3) is 0.882. The zero-order chi connectivity index (χ0) is 16.3. The van der Waals surface area contributed by atoms with Crippen LogP contribution >= 0.6 is 0 Å². The quantitative estimate of drug-likeness (QED) is 0.859. The Morgan fingerprint density at radius 3 is 2.32 bits per heavy atom. The van der Waals surface area contributed by atoms with Gasteiger partial charge in [0.15, 0.2) is 0 Å². The van der Waals surface area contributed by atoms with Gasteiger partial charge in [-0.2, -0.15) is 0 Å². The van der Waals surface area contributed by atoms with Gasteiger partial charge in [-0.25, -0.2) is 0 Å². The van der Waals surface area contributed by atoms with Gasteiger partial charge >= 0.3 is 0 Å². The summed E-state index contributed by atoms with van der Waals surface area (Å²) in [5.74, 6) is 0.504. The van der Waals surface area contributed by atoms with Crippen molar-refractivity contribution in [2.75, 3.05) is 26.7 Å². The molecule has 0 aromatic rings. The lowest BCUT2D eigenvalue weighted by molar-refractivity contribution is -0.138. The maximum atomic E-state index is 12.5. The Hall–Kier alpha value is -1.10. The summed E-state index contributed by atoms with van der Waals surface area (Å²) in [6, 6.07) is 0.668. The highest BCUT2D eigenvalue weighted by atomic mass is 16.2. The minimum Gasteiger partial charge on any atom is -0.352 e. The van der Waals surface area contributed by atoms with Gasteiger partial charge in [-0.05, 0) is 46.2 Å². The number of amides is 2. The second kappa shape index (κ2) is 7.44. The van der Waals surface area contributed by atoms with Gasteiger partial charge in [0.2, 0.25) is 11.8 Å². The Labute approximate surface area is 134 Å². The number of likely N-dealkylation sites (tertiary alicyclic amines) is 2. The molecule has 5 nitrogen and oxygen atoms in total. The molecule has 0 bridgehead atoms. The molecular weight excluding hydrogens is 278 g/mol. The lowest BCUT2D eigenvalue weighted by atomic mass is 9.92. The van der Waals surface area contributed by atoms with Crippen molar-refractivity contribution in [1.82, 2.24) is 15.1 Å². The number of carbonyl (C=O) groups excluding carboxylic acids is 2. The first-order chi connectivity index (χ1) is 10.4. The molecule has 126 valence electrons. The van der Waals surface area contributed by atoms with E-state index in [1.807, 2.05) is 18.7 Å². The van der Waals surface area contributed by atoms with Gasteiger partial charge in [-0.15, -0.1) is 0 Å². The van der Waals surface area contributed by atoms with E-state index in [1.54, 1.807) is 0 Å². The third kappa shape index (κ3) is 4.00. The second-order valence-electron chi connectivity index (χ2n) is 7.23. The molecular formula is C17H31N3O2. The average molecular weight is 309 g/mol. The molecule has 22 heavy (non-hydrogen) atoms. The van der Waals surface area contributed by atoms with Gasteiger partial charge in [0, 0.05) is 37.0 Å². The van der Waals surface area contributed by atoms with Crippen LogP contribution in [0.15, 0.2) is 0 Å². The van der Waals surface area contributed by atoms with Gasteiger partial charge in [-0.1, -0.05) is 13.8 Å². The van der Waals surface area contributed by atoms with Crippen LogP contribution in [0.25, 0.3) is 0 Å². The molecule has 2 saturated heterocycles. The zero-order valence-electron chi connectivity index (χ0n) is 14.5. The van der Waals surface area contributed by atoms with Crippen LogP contribution in [0.3, 0.4) is 0 Å². The first-order valence-corrected chi connectivity index (χ1v) is 8.69. The van der Waals surface area contributed by atoms with E-state index in [0.717, 1.165) is 45.3 Å². The first kappa shape index (κ1) is 17.3. The highest BCUT2D eigenvalue weighted by Crippen LogP contribution is 2.21. The van der Waals surface area contributed by atoms with Crippen LogP contribution in [0.2, 0.25) is 0 Å². The molecule has 2 atom stereocenters. The van der Waals surface area contributed by atoms with Crippen molar-refractivity contribution in [3.05, 3.63) is 0 Å². The van der Waals surface area contributed by atoms with Gasteiger partial charge < -0.3 is 15.1 Å². The fourth-order valence-corrected chi connectivity index (χ4v) is 3.53. The SMILES string of the molecule is CC(C)C(=O)N1CCC(C(=O)NC2CCCN(C)C2C)CC1.